The lowest BCUT2D eigenvalue weighted by Crippen LogP contribution is -2.09. The third-order valence-corrected chi connectivity index (χ3v) is 4.50. The Bertz CT molecular complexity index is 493. The van der Waals surface area contributed by atoms with Crippen LogP contribution in [0.4, 0.5) is 5.13 Å². The molecule has 2 aromatic rings. The van der Waals surface area contributed by atoms with Crippen molar-refractivity contribution in [3.63, 3.8) is 0 Å². The summed E-state index contributed by atoms with van der Waals surface area (Å²) in [6, 6.07) is 3.63. The lowest BCUT2D eigenvalue weighted by Gasteiger charge is -1.97. The van der Waals surface area contributed by atoms with Crippen LogP contribution in [0.15, 0.2) is 21.9 Å². The Kier molecular flexibility index (Phi) is 4.14. The van der Waals surface area contributed by atoms with Gasteiger partial charge in [0.1, 0.15) is 0 Å². The van der Waals surface area contributed by atoms with Gasteiger partial charge in [-0.1, -0.05) is 43.0 Å². The first-order valence-electron chi connectivity index (χ1n) is 5.00. The maximum atomic E-state index is 11.7. The van der Waals surface area contributed by atoms with Crippen LogP contribution in [0.2, 0.25) is 0 Å². The number of nitrogens with zero attached hydrogens (tertiary/aromatic N) is 2. The summed E-state index contributed by atoms with van der Waals surface area (Å²) in [6.07, 6.45) is 0. The summed E-state index contributed by atoms with van der Waals surface area (Å²) in [5, 5.41) is 13.6. The number of hydrogen-bond donors (Lipinski definition) is 1. The Morgan fingerprint density at radius 3 is 2.94 bits per heavy atom. The van der Waals surface area contributed by atoms with E-state index in [0.717, 1.165) is 4.34 Å². The summed E-state index contributed by atoms with van der Waals surface area (Å²) in [4.78, 5) is 12.4. The molecule has 2 heterocycles. The van der Waals surface area contributed by atoms with Crippen molar-refractivity contribution in [3.8, 4) is 0 Å². The molecule has 1 amide bonds. The van der Waals surface area contributed by atoms with Crippen molar-refractivity contribution in [1.82, 2.24) is 10.2 Å². The monoisotopic (exact) mass is 285 g/mol. The Labute approximate surface area is 111 Å². The standard InChI is InChI=1S/C10H11N3OS3/c1-6(2)16-10-13-12-9(17-10)11-8(14)7-4-3-5-15-7/h3-6H,1-2H3,(H,11,12,14). The number of amides is 1. The molecule has 0 saturated heterocycles. The number of carbonyl (C=O) groups excluding carboxylic acids is 1. The van der Waals surface area contributed by atoms with Gasteiger partial charge < -0.3 is 0 Å². The number of rotatable bonds is 4. The highest BCUT2D eigenvalue weighted by Gasteiger charge is 2.11. The van der Waals surface area contributed by atoms with Crippen LogP contribution in [-0.2, 0) is 0 Å². The van der Waals surface area contributed by atoms with Gasteiger partial charge in [-0.15, -0.1) is 21.5 Å². The molecule has 0 saturated carbocycles. The minimum atomic E-state index is -0.128. The fourth-order valence-corrected chi connectivity index (χ4v) is 3.67. The average Bonchev–Trinajstić information content (AvgIpc) is 2.87. The van der Waals surface area contributed by atoms with Crippen molar-refractivity contribution < 1.29 is 4.79 Å². The Balaban J connectivity index is 1.99. The molecule has 90 valence electrons. The molecule has 0 aliphatic carbocycles. The minimum absolute atomic E-state index is 0.128. The Morgan fingerprint density at radius 1 is 1.47 bits per heavy atom. The molecule has 0 bridgehead atoms. The molecule has 0 atom stereocenters. The fourth-order valence-electron chi connectivity index (χ4n) is 1.08. The van der Waals surface area contributed by atoms with Crippen molar-refractivity contribution >= 4 is 45.5 Å². The van der Waals surface area contributed by atoms with Crippen LogP contribution >= 0.6 is 34.4 Å². The average molecular weight is 285 g/mol. The first kappa shape index (κ1) is 12.5. The lowest BCUT2D eigenvalue weighted by molar-refractivity contribution is 0.103. The SMILES string of the molecule is CC(C)Sc1nnc(NC(=O)c2cccs2)s1. The van der Waals surface area contributed by atoms with Gasteiger partial charge in [-0.05, 0) is 11.4 Å². The third-order valence-electron chi connectivity index (χ3n) is 1.71. The van der Waals surface area contributed by atoms with E-state index in [-0.39, 0.29) is 5.91 Å². The molecule has 2 aromatic heterocycles. The molecule has 2 rings (SSSR count). The second kappa shape index (κ2) is 5.61. The largest absolute Gasteiger partial charge is 0.296 e. The maximum Gasteiger partial charge on any atom is 0.267 e. The quantitative estimate of drug-likeness (QED) is 0.691. The highest BCUT2D eigenvalue weighted by atomic mass is 32.2. The zero-order valence-electron chi connectivity index (χ0n) is 9.34. The molecule has 0 fully saturated rings. The zero-order valence-corrected chi connectivity index (χ0v) is 11.8. The first-order chi connectivity index (χ1) is 8.15. The van der Waals surface area contributed by atoms with E-state index < -0.39 is 0 Å². The van der Waals surface area contributed by atoms with Gasteiger partial charge in [0.05, 0.1) is 4.88 Å². The van der Waals surface area contributed by atoms with Crippen molar-refractivity contribution in [2.45, 2.75) is 23.4 Å². The van der Waals surface area contributed by atoms with Gasteiger partial charge in [-0.2, -0.15) is 0 Å². The van der Waals surface area contributed by atoms with E-state index in [1.807, 2.05) is 11.4 Å². The maximum absolute atomic E-state index is 11.7. The van der Waals surface area contributed by atoms with E-state index in [9.17, 15) is 4.79 Å². The number of carbonyl (C=O) groups is 1. The summed E-state index contributed by atoms with van der Waals surface area (Å²) in [6.45, 7) is 4.19. The molecular formula is C10H11N3OS3. The Morgan fingerprint density at radius 2 is 2.29 bits per heavy atom. The number of thiophene rings is 1. The topological polar surface area (TPSA) is 54.9 Å². The van der Waals surface area contributed by atoms with Crippen molar-refractivity contribution in [3.05, 3.63) is 22.4 Å². The van der Waals surface area contributed by atoms with Crippen LogP contribution in [0.5, 0.6) is 0 Å². The van der Waals surface area contributed by atoms with Gasteiger partial charge in [-0.3, -0.25) is 10.1 Å². The van der Waals surface area contributed by atoms with Crippen LogP contribution in [0.3, 0.4) is 0 Å². The molecule has 0 aromatic carbocycles. The molecule has 0 aliphatic heterocycles. The number of anilines is 1. The predicted octanol–water partition coefficient (Wildman–Crippen LogP) is 3.35. The smallest absolute Gasteiger partial charge is 0.267 e. The third kappa shape index (κ3) is 3.52. The van der Waals surface area contributed by atoms with Crippen molar-refractivity contribution in [2.24, 2.45) is 0 Å². The van der Waals surface area contributed by atoms with Crippen LogP contribution in [0, 0.1) is 0 Å². The zero-order chi connectivity index (χ0) is 12.3. The van der Waals surface area contributed by atoms with Crippen LogP contribution in [0.1, 0.15) is 23.5 Å². The molecule has 17 heavy (non-hydrogen) atoms. The Hall–Kier alpha value is -0.920. The van der Waals surface area contributed by atoms with E-state index in [0.29, 0.717) is 15.3 Å². The molecule has 4 nitrogen and oxygen atoms in total. The second-order valence-electron chi connectivity index (χ2n) is 3.47. The summed E-state index contributed by atoms with van der Waals surface area (Å²) in [5.74, 6) is -0.128. The van der Waals surface area contributed by atoms with E-state index in [1.54, 1.807) is 17.8 Å². The highest BCUT2D eigenvalue weighted by molar-refractivity contribution is 8.01. The van der Waals surface area contributed by atoms with Gasteiger partial charge in [0.25, 0.3) is 5.91 Å². The van der Waals surface area contributed by atoms with E-state index in [4.69, 9.17) is 0 Å². The predicted molar refractivity (Wildman–Crippen MR) is 73.2 cm³/mol. The molecule has 0 spiro atoms. The number of hydrogen-bond acceptors (Lipinski definition) is 6. The second-order valence-corrected chi connectivity index (χ2v) is 7.22. The first-order valence-corrected chi connectivity index (χ1v) is 7.58. The molecule has 0 radical (unpaired) electrons. The normalized spacial score (nSPS) is 10.8. The number of nitrogens with one attached hydrogen (secondary N) is 1. The number of thioether (sulfide) groups is 1. The van der Waals surface area contributed by atoms with Gasteiger partial charge >= 0.3 is 0 Å². The minimum Gasteiger partial charge on any atom is -0.296 e. The highest BCUT2D eigenvalue weighted by Crippen LogP contribution is 2.28. The van der Waals surface area contributed by atoms with Gasteiger partial charge in [0.2, 0.25) is 5.13 Å². The fraction of sp³-hybridized carbons (Fsp3) is 0.300. The van der Waals surface area contributed by atoms with Crippen molar-refractivity contribution in [2.75, 3.05) is 5.32 Å². The van der Waals surface area contributed by atoms with E-state index >= 15 is 0 Å². The lowest BCUT2D eigenvalue weighted by atomic mass is 10.4. The van der Waals surface area contributed by atoms with Crippen molar-refractivity contribution in [1.29, 1.82) is 0 Å². The van der Waals surface area contributed by atoms with Crippen LogP contribution in [-0.4, -0.2) is 21.4 Å². The summed E-state index contributed by atoms with van der Waals surface area (Å²) in [7, 11) is 0. The van der Waals surface area contributed by atoms with E-state index in [2.05, 4.69) is 29.4 Å². The van der Waals surface area contributed by atoms with Crippen LogP contribution in [0.25, 0.3) is 0 Å². The van der Waals surface area contributed by atoms with E-state index in [1.165, 1.54) is 22.7 Å². The number of aromatic nitrogens is 2. The van der Waals surface area contributed by atoms with Gasteiger partial charge in [0.15, 0.2) is 4.34 Å². The van der Waals surface area contributed by atoms with Gasteiger partial charge in [-0.25, -0.2) is 0 Å². The molecular weight excluding hydrogens is 274 g/mol. The molecule has 0 aliphatic rings. The molecule has 7 heteroatoms. The summed E-state index contributed by atoms with van der Waals surface area (Å²) < 4.78 is 0.876. The molecule has 0 unspecified atom stereocenters. The summed E-state index contributed by atoms with van der Waals surface area (Å²) >= 11 is 4.45. The molecule has 1 N–H and O–H groups in total. The van der Waals surface area contributed by atoms with Crippen LogP contribution < -0.4 is 5.32 Å². The summed E-state index contributed by atoms with van der Waals surface area (Å²) in [5.41, 5.74) is 0. The van der Waals surface area contributed by atoms with Gasteiger partial charge in [0, 0.05) is 5.25 Å².